The number of piperidine rings is 1. The number of fused-ring (bicyclic) bond motifs is 4. The van der Waals surface area contributed by atoms with Gasteiger partial charge >= 0.3 is 0 Å². The molecule has 13 heteroatoms. The van der Waals surface area contributed by atoms with Crippen LogP contribution in [0.1, 0.15) is 28.8 Å². The number of thiazole rings is 1. The molecule has 2 aromatic carbocycles. The molecule has 0 spiro atoms. The van der Waals surface area contributed by atoms with Gasteiger partial charge in [-0.1, -0.05) is 23.7 Å². The molecule has 6 rings (SSSR count). The molecule has 3 aliphatic heterocycles. The molecule has 4 heterocycles. The van der Waals surface area contributed by atoms with E-state index in [0.29, 0.717) is 58.5 Å². The zero-order chi connectivity index (χ0) is 26.1. The van der Waals surface area contributed by atoms with Gasteiger partial charge in [0.2, 0.25) is 10.0 Å². The number of halogens is 1. The minimum absolute atomic E-state index is 0.259. The Hall–Kier alpha value is -2.67. The van der Waals surface area contributed by atoms with E-state index in [1.807, 2.05) is 0 Å². The minimum atomic E-state index is -3.69. The number of amides is 1. The van der Waals surface area contributed by atoms with Crippen molar-refractivity contribution in [2.45, 2.75) is 35.6 Å². The van der Waals surface area contributed by atoms with Crippen LogP contribution in [0.2, 0.25) is 5.15 Å². The van der Waals surface area contributed by atoms with Crippen LogP contribution in [0.3, 0.4) is 0 Å². The fourth-order valence-corrected chi connectivity index (χ4v) is 9.51. The topological polar surface area (TPSA) is 115 Å². The predicted molar refractivity (Wildman–Crippen MR) is 146 cm³/mol. The molecule has 194 valence electrons. The van der Waals surface area contributed by atoms with Crippen LogP contribution < -0.4 is 14.1 Å². The molecule has 3 aromatic rings. The molecule has 9 nitrogen and oxygen atoms in total. The van der Waals surface area contributed by atoms with Gasteiger partial charge in [-0.05, 0) is 48.7 Å². The van der Waals surface area contributed by atoms with Gasteiger partial charge < -0.3 is 4.90 Å². The summed E-state index contributed by atoms with van der Waals surface area (Å²) >= 11 is 7.43. The van der Waals surface area contributed by atoms with Crippen molar-refractivity contribution in [1.29, 1.82) is 4.78 Å². The summed E-state index contributed by atoms with van der Waals surface area (Å²) in [6.07, 6.45) is 1.82. The van der Waals surface area contributed by atoms with Crippen molar-refractivity contribution in [3.05, 3.63) is 64.1 Å². The van der Waals surface area contributed by atoms with Gasteiger partial charge in [-0.25, -0.2) is 26.7 Å². The molecule has 3 aliphatic rings. The van der Waals surface area contributed by atoms with E-state index in [1.165, 1.54) is 20.5 Å². The number of hydrogen-bond acceptors (Lipinski definition) is 8. The number of anilines is 3. The number of rotatable bonds is 4. The molecule has 1 amide bonds. The number of para-hydroxylation sites is 1. The first kappa shape index (κ1) is 24.7. The van der Waals surface area contributed by atoms with E-state index in [2.05, 4.69) is 9.88 Å². The number of hydrogen-bond donors (Lipinski definition) is 1. The van der Waals surface area contributed by atoms with Gasteiger partial charge in [0.05, 0.1) is 32.5 Å². The molecule has 0 radical (unpaired) electrons. The Bertz CT molecular complexity index is 1630. The summed E-state index contributed by atoms with van der Waals surface area (Å²) in [5.74, 6) is -0.270. The Morgan fingerprint density at radius 3 is 2.49 bits per heavy atom. The van der Waals surface area contributed by atoms with Gasteiger partial charge in [-0.3, -0.25) is 9.69 Å². The van der Waals surface area contributed by atoms with Crippen molar-refractivity contribution in [2.75, 3.05) is 33.5 Å². The second kappa shape index (κ2) is 8.69. The minimum Gasteiger partial charge on any atom is -0.348 e. The number of benzene rings is 2. The van der Waals surface area contributed by atoms with Crippen LogP contribution in [0.25, 0.3) is 0 Å². The lowest BCUT2D eigenvalue weighted by Gasteiger charge is -2.40. The van der Waals surface area contributed by atoms with Crippen molar-refractivity contribution in [3.63, 3.8) is 0 Å². The van der Waals surface area contributed by atoms with Crippen LogP contribution in [0.4, 0.5) is 16.5 Å². The van der Waals surface area contributed by atoms with E-state index in [9.17, 15) is 17.4 Å². The maximum Gasteiger partial charge on any atom is 0.262 e. The van der Waals surface area contributed by atoms with E-state index < -0.39 is 25.9 Å². The van der Waals surface area contributed by atoms with Gasteiger partial charge in [0.1, 0.15) is 11.3 Å². The fourth-order valence-electron chi connectivity index (χ4n) is 5.53. The third-order valence-electron chi connectivity index (χ3n) is 7.23. The maximum atomic E-state index is 13.8. The number of carbonyl (C=O) groups excluding carboxylic acids is 1. The molecular weight excluding hydrogens is 554 g/mol. The molecule has 2 unspecified atom stereocenters. The summed E-state index contributed by atoms with van der Waals surface area (Å²) in [7, 11) is -6.82. The van der Waals surface area contributed by atoms with Crippen LogP contribution in [-0.4, -0.2) is 54.3 Å². The molecule has 1 aromatic heterocycles. The van der Waals surface area contributed by atoms with E-state index >= 15 is 0 Å². The zero-order valence-electron chi connectivity index (χ0n) is 19.8. The standard InChI is InChI=1S/C24H24ClN5O4S3/c1-36(32,33)30-20-5-3-2-4-18(20)23(31)29-19-7-6-17(12-15(19)13-22(29)30)37(26,34)16-8-10-28(11-9-16)24-27-21(25)14-35-24/h2-7,12,14,16,22,26H,8-11,13H2,1H3. The van der Waals surface area contributed by atoms with Gasteiger partial charge in [-0.15, -0.1) is 11.3 Å². The molecule has 37 heavy (non-hydrogen) atoms. The predicted octanol–water partition coefficient (Wildman–Crippen LogP) is 4.18. The Labute approximate surface area is 224 Å². The molecule has 0 bridgehead atoms. The molecular formula is C24H24ClN5O4S3. The van der Waals surface area contributed by atoms with Gasteiger partial charge in [-0.2, -0.15) is 0 Å². The highest BCUT2D eigenvalue weighted by Crippen LogP contribution is 2.44. The Morgan fingerprint density at radius 2 is 1.81 bits per heavy atom. The second-order valence-corrected chi connectivity index (χ2v) is 14.9. The summed E-state index contributed by atoms with van der Waals surface area (Å²) in [5, 5.41) is 2.75. The maximum absolute atomic E-state index is 13.8. The number of nitrogens with one attached hydrogen (secondary N) is 1. The Morgan fingerprint density at radius 1 is 1.08 bits per heavy atom. The number of nitrogens with zero attached hydrogens (tertiary/aromatic N) is 4. The third-order valence-corrected chi connectivity index (χ3v) is 12.0. The van der Waals surface area contributed by atoms with Gasteiger partial charge in [0.25, 0.3) is 5.91 Å². The third kappa shape index (κ3) is 4.01. The van der Waals surface area contributed by atoms with Crippen molar-refractivity contribution in [1.82, 2.24) is 4.98 Å². The molecule has 1 N–H and O–H groups in total. The largest absolute Gasteiger partial charge is 0.348 e. The molecule has 1 saturated heterocycles. The summed E-state index contributed by atoms with van der Waals surface area (Å²) in [6.45, 7) is 1.28. The monoisotopic (exact) mass is 577 g/mol. The normalized spacial score (nSPS) is 21.4. The highest BCUT2D eigenvalue weighted by molar-refractivity contribution is 7.93. The summed E-state index contributed by atoms with van der Waals surface area (Å²) in [6, 6.07) is 11.8. The average Bonchev–Trinajstić information content (AvgIpc) is 3.46. The van der Waals surface area contributed by atoms with Crippen molar-refractivity contribution in [3.8, 4) is 0 Å². The first-order valence-corrected chi connectivity index (χ1v) is 16.5. The van der Waals surface area contributed by atoms with E-state index in [-0.39, 0.29) is 17.6 Å². The average molecular weight is 578 g/mol. The van der Waals surface area contributed by atoms with Gasteiger partial charge in [0, 0.05) is 35.5 Å². The second-order valence-electron chi connectivity index (χ2n) is 9.47. The lowest BCUT2D eigenvalue weighted by Crippen LogP contribution is -2.55. The first-order chi connectivity index (χ1) is 17.6. The summed E-state index contributed by atoms with van der Waals surface area (Å²) in [5.41, 5.74) is 1.99. The Kier molecular flexibility index (Phi) is 5.79. The SMILES string of the molecule is CS(=O)(=O)N1c2ccccc2C(=O)N2c3ccc(S(=N)(=O)C4CCN(c5nc(Cl)cs5)CC4)cc3CC21. The molecule has 0 saturated carbocycles. The lowest BCUT2D eigenvalue weighted by molar-refractivity contribution is 0.0976. The first-order valence-electron chi connectivity index (χ1n) is 11.7. The van der Waals surface area contributed by atoms with Gasteiger partial charge in [0.15, 0.2) is 5.13 Å². The van der Waals surface area contributed by atoms with E-state index in [1.54, 1.807) is 47.8 Å². The van der Waals surface area contributed by atoms with Crippen LogP contribution in [0.5, 0.6) is 0 Å². The van der Waals surface area contributed by atoms with Crippen LogP contribution in [-0.2, 0) is 26.2 Å². The lowest BCUT2D eigenvalue weighted by atomic mass is 10.1. The highest BCUT2D eigenvalue weighted by atomic mass is 35.5. The van der Waals surface area contributed by atoms with Crippen molar-refractivity contribution >= 4 is 65.1 Å². The van der Waals surface area contributed by atoms with Crippen LogP contribution >= 0.6 is 22.9 Å². The van der Waals surface area contributed by atoms with E-state index in [4.69, 9.17) is 16.4 Å². The zero-order valence-corrected chi connectivity index (χ0v) is 23.0. The van der Waals surface area contributed by atoms with Crippen molar-refractivity contribution in [2.24, 2.45) is 0 Å². The molecule has 0 aliphatic carbocycles. The summed E-state index contributed by atoms with van der Waals surface area (Å²) < 4.78 is 49.6. The number of carbonyl (C=O) groups is 1. The quantitative estimate of drug-likeness (QED) is 0.497. The van der Waals surface area contributed by atoms with Crippen LogP contribution in [0, 0.1) is 4.78 Å². The highest BCUT2D eigenvalue weighted by Gasteiger charge is 2.47. The van der Waals surface area contributed by atoms with E-state index in [0.717, 1.165) is 11.4 Å². The molecule has 2 atom stereocenters. The van der Waals surface area contributed by atoms with Crippen LogP contribution in [0.15, 0.2) is 52.7 Å². The number of sulfonamides is 1. The van der Waals surface area contributed by atoms with Crippen molar-refractivity contribution < 1.29 is 17.4 Å². The Balaban J connectivity index is 1.29. The molecule has 1 fully saturated rings. The summed E-state index contributed by atoms with van der Waals surface area (Å²) in [4.78, 5) is 21.7. The fraction of sp³-hybridized carbons (Fsp3) is 0.333. The number of aromatic nitrogens is 1. The smallest absolute Gasteiger partial charge is 0.262 e.